The molecule has 0 atom stereocenters. The molecule has 0 amide bonds. The van der Waals surface area contributed by atoms with E-state index in [1.165, 1.54) is 82.4 Å². The Kier molecular flexibility index (Phi) is 6.62. The molecule has 0 unspecified atom stereocenters. The van der Waals surface area contributed by atoms with Crippen molar-refractivity contribution in [2.45, 2.75) is 65.5 Å². The summed E-state index contributed by atoms with van der Waals surface area (Å²) in [5.74, 6) is 0. The molecule has 0 N–H and O–H groups in total. The molecule has 2 aliphatic rings. The maximum absolute atomic E-state index is 2.60. The molecule has 0 saturated carbocycles. The highest BCUT2D eigenvalue weighted by atomic mass is 28.3. The Balaban J connectivity index is 1.44. The van der Waals surface area contributed by atoms with E-state index in [9.17, 15) is 0 Å². The molecule has 3 heterocycles. The predicted molar refractivity (Wildman–Crippen MR) is 221 cm³/mol. The van der Waals surface area contributed by atoms with Crippen LogP contribution in [0.5, 0.6) is 0 Å². The Hall–Kier alpha value is -4.80. The average molecular weight is 665 g/mol. The van der Waals surface area contributed by atoms with Crippen LogP contribution in [0.25, 0.3) is 27.5 Å². The Morgan fingerprint density at radius 2 is 1.16 bits per heavy atom. The molecule has 1 aromatic heterocycles. The lowest BCUT2D eigenvalue weighted by Crippen LogP contribution is -2.62. The van der Waals surface area contributed by atoms with Gasteiger partial charge in [-0.05, 0) is 74.7 Å². The first-order valence-electron chi connectivity index (χ1n) is 18.2. The second-order valence-corrected chi connectivity index (χ2v) is 21.5. The van der Waals surface area contributed by atoms with Gasteiger partial charge in [0.1, 0.15) is 8.07 Å². The zero-order valence-corrected chi connectivity index (χ0v) is 31.6. The minimum Gasteiger partial charge on any atom is -0.311 e. The summed E-state index contributed by atoms with van der Waals surface area (Å²) in [7, 11) is -2.11. The van der Waals surface area contributed by atoms with E-state index in [4.69, 9.17) is 0 Å². The number of anilines is 3. The molecule has 2 nitrogen and oxygen atoms in total. The van der Waals surface area contributed by atoms with Crippen LogP contribution < -0.4 is 31.7 Å². The van der Waals surface area contributed by atoms with Crippen molar-refractivity contribution in [2.24, 2.45) is 0 Å². The number of aromatic nitrogens is 1. The number of hydrogen-bond acceptors (Lipinski definition) is 1. The van der Waals surface area contributed by atoms with Crippen molar-refractivity contribution in [3.8, 4) is 5.69 Å². The normalized spacial score (nSPS) is 13.9. The van der Waals surface area contributed by atoms with Crippen LogP contribution >= 0.6 is 0 Å². The molecular weight excluding hydrogens is 619 g/mol. The lowest BCUT2D eigenvalue weighted by molar-refractivity contribution is 0.590. The van der Waals surface area contributed by atoms with Gasteiger partial charge in [0.15, 0.2) is 0 Å². The molecule has 9 rings (SSSR count). The standard InChI is InChI=1S/C46H45BN2Si/c1-45(2,3)30-21-24-32(25-22-30)48-40-26-23-31(46(4,5)6)27-38(40)47-37-19-14-18-36-35-17-12-13-20-39(35)49(44(36)37)42-29-34(28-41(48)43(42)47)50(7,8)33-15-10-9-11-16-33/h9-29H,1-8H3. The maximum Gasteiger partial charge on any atom is 0.252 e. The first kappa shape index (κ1) is 31.2. The lowest BCUT2D eigenvalue weighted by Gasteiger charge is -2.42. The van der Waals surface area contributed by atoms with Gasteiger partial charge in [-0.25, -0.2) is 0 Å². The van der Waals surface area contributed by atoms with Crippen LogP contribution in [0, 0.1) is 0 Å². The summed E-state index contributed by atoms with van der Waals surface area (Å²) < 4.78 is 2.60. The molecule has 246 valence electrons. The Labute approximate surface area is 298 Å². The molecule has 0 aliphatic carbocycles. The summed E-state index contributed by atoms with van der Waals surface area (Å²) >= 11 is 0. The van der Waals surface area contributed by atoms with E-state index < -0.39 is 8.07 Å². The fourth-order valence-corrected chi connectivity index (χ4v) is 11.0. The summed E-state index contributed by atoms with van der Waals surface area (Å²) in [5, 5.41) is 5.56. The van der Waals surface area contributed by atoms with Gasteiger partial charge >= 0.3 is 0 Å². The molecule has 0 radical (unpaired) electrons. The van der Waals surface area contributed by atoms with Gasteiger partial charge in [-0.15, -0.1) is 0 Å². The van der Waals surface area contributed by atoms with E-state index in [2.05, 4.69) is 191 Å². The van der Waals surface area contributed by atoms with Crippen LogP contribution in [-0.4, -0.2) is 19.4 Å². The number of benzene rings is 6. The molecular formula is C46H45BN2Si. The second kappa shape index (κ2) is 10.6. The Morgan fingerprint density at radius 1 is 0.520 bits per heavy atom. The van der Waals surface area contributed by atoms with Crippen molar-refractivity contribution in [2.75, 3.05) is 4.90 Å². The average Bonchev–Trinajstić information content (AvgIpc) is 3.44. The fourth-order valence-electron chi connectivity index (χ4n) is 8.65. The lowest BCUT2D eigenvalue weighted by atomic mass is 9.33. The minimum absolute atomic E-state index is 0.0298. The van der Waals surface area contributed by atoms with E-state index in [0.29, 0.717) is 0 Å². The van der Waals surface area contributed by atoms with Crippen molar-refractivity contribution in [1.29, 1.82) is 0 Å². The van der Waals surface area contributed by atoms with Crippen molar-refractivity contribution in [1.82, 2.24) is 4.57 Å². The van der Waals surface area contributed by atoms with Crippen molar-refractivity contribution in [3.05, 3.63) is 139 Å². The summed E-state index contributed by atoms with van der Waals surface area (Å²) in [6.45, 7) is 19.1. The largest absolute Gasteiger partial charge is 0.311 e. The minimum atomic E-state index is -2.11. The van der Waals surface area contributed by atoms with Gasteiger partial charge in [-0.3, -0.25) is 0 Å². The number of rotatable bonds is 3. The van der Waals surface area contributed by atoms with E-state index in [1.54, 1.807) is 0 Å². The molecule has 0 fully saturated rings. The highest BCUT2D eigenvalue weighted by molar-refractivity contribution is 7.02. The molecule has 50 heavy (non-hydrogen) atoms. The zero-order valence-electron chi connectivity index (χ0n) is 30.6. The number of nitrogens with zero attached hydrogens (tertiary/aromatic N) is 2. The summed E-state index contributed by atoms with van der Waals surface area (Å²) in [6, 6.07) is 49.0. The van der Waals surface area contributed by atoms with E-state index in [1.807, 2.05) is 0 Å². The van der Waals surface area contributed by atoms with Gasteiger partial charge in [-0.2, -0.15) is 0 Å². The molecule has 7 aromatic rings. The van der Waals surface area contributed by atoms with Gasteiger partial charge in [0.05, 0.1) is 5.52 Å². The van der Waals surface area contributed by atoms with Crippen molar-refractivity contribution >= 4 is 80.4 Å². The van der Waals surface area contributed by atoms with Crippen LogP contribution in [0.3, 0.4) is 0 Å². The van der Waals surface area contributed by atoms with Crippen LogP contribution in [0.4, 0.5) is 17.1 Å². The molecule has 0 saturated heterocycles. The number of fused-ring (bicyclic) bond motifs is 7. The van der Waals surface area contributed by atoms with E-state index in [0.717, 1.165) is 0 Å². The van der Waals surface area contributed by atoms with E-state index in [-0.39, 0.29) is 17.5 Å². The summed E-state index contributed by atoms with van der Waals surface area (Å²) in [5.41, 5.74) is 14.8. The molecule has 2 aliphatic heterocycles. The third-order valence-electron chi connectivity index (χ3n) is 11.6. The van der Waals surface area contributed by atoms with Crippen LogP contribution in [0.2, 0.25) is 13.1 Å². The molecule has 0 spiro atoms. The van der Waals surface area contributed by atoms with Crippen LogP contribution in [-0.2, 0) is 10.8 Å². The second-order valence-electron chi connectivity index (χ2n) is 17.1. The third kappa shape index (κ3) is 4.47. The number of para-hydroxylation sites is 2. The number of hydrogen-bond donors (Lipinski definition) is 0. The van der Waals surface area contributed by atoms with E-state index >= 15 is 0 Å². The fraction of sp³-hybridized carbons (Fsp3) is 0.217. The smallest absolute Gasteiger partial charge is 0.252 e. The van der Waals surface area contributed by atoms with Gasteiger partial charge in [-0.1, -0.05) is 156 Å². The van der Waals surface area contributed by atoms with Crippen LogP contribution in [0.1, 0.15) is 52.7 Å². The monoisotopic (exact) mass is 664 g/mol. The first-order chi connectivity index (χ1) is 23.8. The zero-order chi connectivity index (χ0) is 34.7. The topological polar surface area (TPSA) is 8.17 Å². The van der Waals surface area contributed by atoms with Crippen molar-refractivity contribution in [3.63, 3.8) is 0 Å². The van der Waals surface area contributed by atoms with Gasteiger partial charge in [0.25, 0.3) is 6.71 Å². The quantitative estimate of drug-likeness (QED) is 0.172. The van der Waals surface area contributed by atoms with Gasteiger partial charge in [0, 0.05) is 39.0 Å². The van der Waals surface area contributed by atoms with Crippen molar-refractivity contribution < 1.29 is 0 Å². The maximum atomic E-state index is 2.60. The van der Waals surface area contributed by atoms with Crippen LogP contribution in [0.15, 0.2) is 127 Å². The summed E-state index contributed by atoms with van der Waals surface area (Å²) in [6.07, 6.45) is 0. The molecule has 0 bridgehead atoms. The summed E-state index contributed by atoms with van der Waals surface area (Å²) in [4.78, 5) is 2.58. The molecule has 6 aromatic carbocycles. The first-order valence-corrected chi connectivity index (χ1v) is 21.2. The Bertz CT molecular complexity index is 2480. The highest BCUT2D eigenvalue weighted by Gasteiger charge is 2.43. The molecule has 4 heteroatoms. The Morgan fingerprint density at radius 3 is 1.88 bits per heavy atom. The van der Waals surface area contributed by atoms with Gasteiger partial charge < -0.3 is 9.47 Å². The van der Waals surface area contributed by atoms with Gasteiger partial charge in [0.2, 0.25) is 0 Å². The third-order valence-corrected chi connectivity index (χ3v) is 15.1. The predicted octanol–water partition coefficient (Wildman–Crippen LogP) is 8.81. The SMILES string of the molecule is CC(C)(C)c1ccc(N2c3ccc(C(C)(C)C)cc3B3c4c2cc([Si](C)(C)c2ccccc2)cc4-n2c4ccccc4c4cccc3c42)cc1. The highest BCUT2D eigenvalue weighted by Crippen LogP contribution is 2.42.